The summed E-state index contributed by atoms with van der Waals surface area (Å²) >= 11 is 0. The topological polar surface area (TPSA) is 77.1 Å². The predicted octanol–water partition coefficient (Wildman–Crippen LogP) is 2.77. The molecule has 7 heteroatoms. The van der Waals surface area contributed by atoms with E-state index in [1.54, 1.807) is 30.0 Å². The van der Waals surface area contributed by atoms with Crippen LogP contribution in [0.1, 0.15) is 12.5 Å². The lowest BCUT2D eigenvalue weighted by molar-refractivity contribution is -0.125. The summed E-state index contributed by atoms with van der Waals surface area (Å²) in [5.41, 5.74) is 2.32. The Bertz CT molecular complexity index is 850. The number of carbonyl (C=O) groups excluding carboxylic acids is 2. The van der Waals surface area contributed by atoms with Gasteiger partial charge in [0.1, 0.15) is 24.7 Å². The minimum absolute atomic E-state index is 0.0440. The lowest BCUT2D eigenvalue weighted by atomic mass is 10.1. The van der Waals surface area contributed by atoms with Gasteiger partial charge >= 0.3 is 0 Å². The van der Waals surface area contributed by atoms with Gasteiger partial charge in [-0.25, -0.2) is 0 Å². The molecule has 1 heterocycles. The molecule has 1 aliphatic rings. The molecule has 148 valence electrons. The van der Waals surface area contributed by atoms with Gasteiger partial charge in [0.25, 0.3) is 5.91 Å². The van der Waals surface area contributed by atoms with Gasteiger partial charge in [-0.05, 0) is 44.2 Å². The molecule has 1 aliphatic heterocycles. The number of fused-ring (bicyclic) bond motifs is 1. The number of nitrogens with zero attached hydrogens (tertiary/aromatic N) is 1. The van der Waals surface area contributed by atoms with Crippen molar-refractivity contribution in [3.8, 4) is 11.5 Å². The number of ether oxygens (including phenoxy) is 3. The van der Waals surface area contributed by atoms with Crippen molar-refractivity contribution in [2.24, 2.45) is 0 Å². The molecule has 0 aliphatic carbocycles. The molecular weight excluding hydrogens is 360 g/mol. The van der Waals surface area contributed by atoms with Crippen molar-refractivity contribution in [3.05, 3.63) is 48.0 Å². The summed E-state index contributed by atoms with van der Waals surface area (Å²) in [7, 11) is 1.45. The summed E-state index contributed by atoms with van der Waals surface area (Å²) in [6.07, 6.45) is -0.583. The summed E-state index contributed by atoms with van der Waals surface area (Å²) < 4.78 is 16.3. The summed E-state index contributed by atoms with van der Waals surface area (Å²) in [6, 6.07) is 12.9. The number of hydrogen-bond acceptors (Lipinski definition) is 5. The van der Waals surface area contributed by atoms with E-state index in [4.69, 9.17) is 14.2 Å². The minimum Gasteiger partial charge on any atom is -0.492 e. The van der Waals surface area contributed by atoms with Gasteiger partial charge in [0, 0.05) is 12.8 Å². The van der Waals surface area contributed by atoms with Crippen LogP contribution in [0.4, 0.5) is 11.4 Å². The van der Waals surface area contributed by atoms with Crippen molar-refractivity contribution in [3.63, 3.8) is 0 Å². The van der Waals surface area contributed by atoms with Gasteiger partial charge in [-0.15, -0.1) is 0 Å². The Morgan fingerprint density at radius 2 is 1.96 bits per heavy atom. The lowest BCUT2D eigenvalue weighted by Crippen LogP contribution is -2.46. The monoisotopic (exact) mass is 384 g/mol. The number of benzene rings is 2. The fraction of sp³-hybridized carbons (Fsp3) is 0.333. The number of aryl methyl sites for hydroxylation is 1. The molecule has 1 atom stereocenters. The standard InChI is InChI=1S/C21H24N2O5/c1-14-4-7-17(8-5-14)27-11-10-23-18-12-16(22-20(24)13-26-3)6-9-19(18)28-15(2)21(23)25/h4-9,12,15H,10-11,13H2,1-3H3,(H,22,24). The molecule has 0 spiro atoms. The van der Waals surface area contributed by atoms with Crippen LogP contribution in [0.5, 0.6) is 11.5 Å². The van der Waals surface area contributed by atoms with Crippen LogP contribution in [0, 0.1) is 6.92 Å². The van der Waals surface area contributed by atoms with E-state index in [0.717, 1.165) is 11.3 Å². The van der Waals surface area contributed by atoms with E-state index in [0.29, 0.717) is 30.3 Å². The third kappa shape index (κ3) is 4.61. The van der Waals surface area contributed by atoms with Crippen LogP contribution in [0.15, 0.2) is 42.5 Å². The summed E-state index contributed by atoms with van der Waals surface area (Å²) in [4.78, 5) is 26.0. The largest absolute Gasteiger partial charge is 0.492 e. The zero-order valence-electron chi connectivity index (χ0n) is 16.2. The highest BCUT2D eigenvalue weighted by Crippen LogP contribution is 2.36. The Kier molecular flexibility index (Phi) is 6.16. The Morgan fingerprint density at radius 3 is 2.68 bits per heavy atom. The minimum atomic E-state index is -0.583. The van der Waals surface area contributed by atoms with Crippen molar-refractivity contribution in [2.75, 3.05) is 37.1 Å². The van der Waals surface area contributed by atoms with Crippen molar-refractivity contribution < 1.29 is 23.8 Å². The predicted molar refractivity (Wildman–Crippen MR) is 106 cm³/mol. The van der Waals surface area contributed by atoms with E-state index in [9.17, 15) is 9.59 Å². The molecule has 0 saturated carbocycles. The highest BCUT2D eigenvalue weighted by molar-refractivity contribution is 6.01. The molecule has 0 radical (unpaired) electrons. The van der Waals surface area contributed by atoms with E-state index in [-0.39, 0.29) is 18.4 Å². The molecule has 3 rings (SSSR count). The maximum Gasteiger partial charge on any atom is 0.267 e. The van der Waals surface area contributed by atoms with Gasteiger partial charge in [0.05, 0.1) is 12.2 Å². The fourth-order valence-corrected chi connectivity index (χ4v) is 2.93. The lowest BCUT2D eigenvalue weighted by Gasteiger charge is -2.33. The smallest absolute Gasteiger partial charge is 0.267 e. The van der Waals surface area contributed by atoms with Gasteiger partial charge < -0.3 is 24.4 Å². The molecule has 0 fully saturated rings. The van der Waals surface area contributed by atoms with Crippen molar-refractivity contribution >= 4 is 23.2 Å². The third-order valence-corrected chi connectivity index (χ3v) is 4.33. The number of methoxy groups -OCH3 is 1. The zero-order chi connectivity index (χ0) is 20.1. The van der Waals surface area contributed by atoms with E-state index in [1.165, 1.54) is 7.11 Å². The molecule has 1 N–H and O–H groups in total. The van der Waals surface area contributed by atoms with E-state index < -0.39 is 6.10 Å². The average Bonchev–Trinajstić information content (AvgIpc) is 2.67. The van der Waals surface area contributed by atoms with Crippen molar-refractivity contribution in [2.45, 2.75) is 20.0 Å². The number of nitrogens with one attached hydrogen (secondary N) is 1. The summed E-state index contributed by atoms with van der Waals surface area (Å²) in [5.74, 6) is 0.917. The van der Waals surface area contributed by atoms with Gasteiger partial charge in [0.15, 0.2) is 6.10 Å². The van der Waals surface area contributed by atoms with Gasteiger partial charge in [-0.2, -0.15) is 0 Å². The van der Waals surface area contributed by atoms with Crippen LogP contribution < -0.4 is 19.7 Å². The number of hydrogen-bond donors (Lipinski definition) is 1. The Labute approximate surface area is 164 Å². The van der Waals surface area contributed by atoms with Crippen LogP contribution in [0.25, 0.3) is 0 Å². The number of rotatable bonds is 7. The van der Waals surface area contributed by atoms with Gasteiger partial charge in [0.2, 0.25) is 5.91 Å². The van der Waals surface area contributed by atoms with Crippen LogP contribution in [0.2, 0.25) is 0 Å². The molecule has 0 saturated heterocycles. The molecule has 1 unspecified atom stereocenters. The summed E-state index contributed by atoms with van der Waals surface area (Å²) in [5, 5.41) is 2.74. The first-order valence-electron chi connectivity index (χ1n) is 9.08. The molecule has 0 bridgehead atoms. The SMILES string of the molecule is COCC(=O)Nc1ccc2c(c1)N(CCOc1ccc(C)cc1)C(=O)C(C)O2. The number of amides is 2. The maximum atomic E-state index is 12.6. The Morgan fingerprint density at radius 1 is 1.21 bits per heavy atom. The normalized spacial score (nSPS) is 15.6. The Hall–Kier alpha value is -3.06. The Balaban J connectivity index is 1.73. The second kappa shape index (κ2) is 8.75. The second-order valence-corrected chi connectivity index (χ2v) is 6.58. The first-order valence-corrected chi connectivity index (χ1v) is 9.08. The van der Waals surface area contributed by atoms with Crippen LogP contribution >= 0.6 is 0 Å². The third-order valence-electron chi connectivity index (χ3n) is 4.33. The fourth-order valence-electron chi connectivity index (χ4n) is 2.93. The first-order chi connectivity index (χ1) is 13.5. The molecule has 2 amide bonds. The summed E-state index contributed by atoms with van der Waals surface area (Å²) in [6.45, 7) is 4.38. The first kappa shape index (κ1) is 19.7. The quantitative estimate of drug-likeness (QED) is 0.794. The highest BCUT2D eigenvalue weighted by Gasteiger charge is 2.31. The highest BCUT2D eigenvalue weighted by atomic mass is 16.5. The number of anilines is 2. The maximum absolute atomic E-state index is 12.6. The molecule has 2 aromatic carbocycles. The van der Waals surface area contributed by atoms with E-state index >= 15 is 0 Å². The molecule has 7 nitrogen and oxygen atoms in total. The molecule has 2 aromatic rings. The molecular formula is C21H24N2O5. The van der Waals surface area contributed by atoms with E-state index in [2.05, 4.69) is 5.32 Å². The number of carbonyl (C=O) groups is 2. The molecule has 0 aromatic heterocycles. The average molecular weight is 384 g/mol. The zero-order valence-corrected chi connectivity index (χ0v) is 16.2. The molecule has 28 heavy (non-hydrogen) atoms. The van der Waals surface area contributed by atoms with Crippen molar-refractivity contribution in [1.82, 2.24) is 0 Å². The van der Waals surface area contributed by atoms with Crippen LogP contribution in [0.3, 0.4) is 0 Å². The van der Waals surface area contributed by atoms with Crippen LogP contribution in [-0.2, 0) is 14.3 Å². The van der Waals surface area contributed by atoms with Gasteiger partial charge in [-0.3, -0.25) is 9.59 Å². The van der Waals surface area contributed by atoms with Gasteiger partial charge in [-0.1, -0.05) is 17.7 Å². The second-order valence-electron chi connectivity index (χ2n) is 6.58. The van der Waals surface area contributed by atoms with Crippen molar-refractivity contribution in [1.29, 1.82) is 0 Å². The van der Waals surface area contributed by atoms with Crippen LogP contribution in [-0.4, -0.2) is 44.8 Å². The van der Waals surface area contributed by atoms with E-state index in [1.807, 2.05) is 31.2 Å².